The summed E-state index contributed by atoms with van der Waals surface area (Å²) in [6, 6.07) is 8.98. The van der Waals surface area contributed by atoms with Crippen molar-refractivity contribution in [2.24, 2.45) is 0 Å². The van der Waals surface area contributed by atoms with Crippen molar-refractivity contribution in [3.8, 4) is 0 Å². The van der Waals surface area contributed by atoms with Crippen LogP contribution < -0.4 is 4.72 Å². The van der Waals surface area contributed by atoms with Gasteiger partial charge in [0.2, 0.25) is 10.0 Å². The smallest absolute Gasteiger partial charge is 0.327 e. The molecule has 0 saturated carbocycles. The molecule has 9 heteroatoms. The third kappa shape index (κ3) is 3.90. The van der Waals surface area contributed by atoms with Gasteiger partial charge in [-0.15, -0.1) is 0 Å². The topological polar surface area (TPSA) is 64.0 Å². The molecule has 0 aliphatic rings. The third-order valence-corrected chi connectivity index (χ3v) is 6.03. The van der Waals surface area contributed by atoms with Crippen LogP contribution in [0.4, 0.5) is 13.2 Å². The monoisotopic (exact) mass is 411 g/mol. The zero-order valence-electron chi connectivity index (χ0n) is 15.6. The summed E-state index contributed by atoms with van der Waals surface area (Å²) in [5.74, 6) is 0.354. The minimum atomic E-state index is -4.46. The fraction of sp³-hybridized carbons (Fsp3) is 0.316. The van der Waals surface area contributed by atoms with Crippen LogP contribution in [0.3, 0.4) is 0 Å². The molecule has 150 valence electrons. The van der Waals surface area contributed by atoms with Crippen LogP contribution in [0.25, 0.3) is 11.0 Å². The first kappa shape index (κ1) is 20.3. The molecule has 0 spiro atoms. The van der Waals surface area contributed by atoms with Crippen LogP contribution in [-0.2, 0) is 22.7 Å². The predicted octanol–water partition coefficient (Wildman–Crippen LogP) is 4.42. The number of fused-ring (bicyclic) bond motifs is 1. The molecule has 1 atom stereocenters. The number of aryl methyl sites for hydroxylation is 2. The van der Waals surface area contributed by atoms with E-state index in [9.17, 15) is 21.6 Å². The summed E-state index contributed by atoms with van der Waals surface area (Å²) >= 11 is 0. The van der Waals surface area contributed by atoms with Crippen molar-refractivity contribution in [3.63, 3.8) is 0 Å². The van der Waals surface area contributed by atoms with Gasteiger partial charge in [-0.25, -0.2) is 18.1 Å². The third-order valence-electron chi connectivity index (χ3n) is 4.47. The van der Waals surface area contributed by atoms with E-state index in [1.54, 1.807) is 30.5 Å². The SMILES string of the molecule is CCn1c([C@@H](C)NS(=O)(=O)c2ccc(C)cc2)nc2ccc(C(F)(F)F)cc21. The standard InChI is InChI=1S/C19H20F3N3O2S/c1-4-25-17-11-14(19(20,21)22)7-10-16(17)23-18(25)13(3)24-28(26,27)15-8-5-12(2)6-9-15/h5-11,13,24H,4H2,1-3H3/t13-/m1/s1. The molecule has 0 bridgehead atoms. The molecule has 1 N–H and O–H groups in total. The van der Waals surface area contributed by atoms with E-state index in [0.29, 0.717) is 23.4 Å². The number of hydrogen-bond donors (Lipinski definition) is 1. The van der Waals surface area contributed by atoms with E-state index in [1.165, 1.54) is 18.2 Å². The van der Waals surface area contributed by atoms with Crippen LogP contribution in [0.2, 0.25) is 0 Å². The second-order valence-electron chi connectivity index (χ2n) is 6.57. The van der Waals surface area contributed by atoms with Gasteiger partial charge in [-0.05, 0) is 51.1 Å². The average molecular weight is 411 g/mol. The Hall–Kier alpha value is -2.39. The molecule has 5 nitrogen and oxygen atoms in total. The molecular formula is C19H20F3N3O2S. The van der Waals surface area contributed by atoms with Crippen LogP contribution in [0, 0.1) is 6.92 Å². The summed E-state index contributed by atoms with van der Waals surface area (Å²) in [5.41, 5.74) is 0.856. The van der Waals surface area contributed by atoms with Crippen molar-refractivity contribution < 1.29 is 21.6 Å². The quantitative estimate of drug-likeness (QED) is 0.676. The van der Waals surface area contributed by atoms with Gasteiger partial charge in [0.15, 0.2) is 0 Å². The van der Waals surface area contributed by atoms with Gasteiger partial charge in [-0.1, -0.05) is 17.7 Å². The van der Waals surface area contributed by atoms with Crippen LogP contribution in [0.5, 0.6) is 0 Å². The Morgan fingerprint density at radius 2 is 1.79 bits per heavy atom. The molecule has 0 unspecified atom stereocenters. The van der Waals surface area contributed by atoms with Gasteiger partial charge in [-0.2, -0.15) is 13.2 Å². The van der Waals surface area contributed by atoms with Crippen molar-refractivity contribution in [2.45, 2.75) is 44.4 Å². The lowest BCUT2D eigenvalue weighted by molar-refractivity contribution is -0.137. The van der Waals surface area contributed by atoms with E-state index < -0.39 is 27.8 Å². The predicted molar refractivity (Wildman–Crippen MR) is 100 cm³/mol. The highest BCUT2D eigenvalue weighted by Gasteiger charge is 2.31. The van der Waals surface area contributed by atoms with Crippen molar-refractivity contribution in [3.05, 3.63) is 59.4 Å². The van der Waals surface area contributed by atoms with E-state index in [4.69, 9.17) is 0 Å². The number of hydrogen-bond acceptors (Lipinski definition) is 3. The van der Waals surface area contributed by atoms with E-state index >= 15 is 0 Å². The first-order valence-electron chi connectivity index (χ1n) is 8.69. The van der Waals surface area contributed by atoms with Gasteiger partial charge in [0.05, 0.1) is 27.5 Å². The van der Waals surface area contributed by atoms with Gasteiger partial charge in [0, 0.05) is 6.54 Å². The maximum atomic E-state index is 13.0. The molecule has 28 heavy (non-hydrogen) atoms. The van der Waals surface area contributed by atoms with Crippen LogP contribution >= 0.6 is 0 Å². The Labute approximate surface area is 161 Å². The Bertz CT molecular complexity index is 1100. The first-order chi connectivity index (χ1) is 13.0. The highest BCUT2D eigenvalue weighted by atomic mass is 32.2. The summed E-state index contributed by atoms with van der Waals surface area (Å²) in [7, 11) is -3.80. The zero-order valence-corrected chi connectivity index (χ0v) is 16.4. The molecule has 0 aliphatic heterocycles. The van der Waals surface area contributed by atoms with Gasteiger partial charge >= 0.3 is 6.18 Å². The van der Waals surface area contributed by atoms with E-state index in [2.05, 4.69) is 9.71 Å². The summed E-state index contributed by atoms with van der Waals surface area (Å²) in [6.45, 7) is 5.59. The highest BCUT2D eigenvalue weighted by Crippen LogP contribution is 2.32. The maximum absolute atomic E-state index is 13.0. The van der Waals surface area contributed by atoms with Crippen LogP contribution in [0.1, 0.15) is 36.8 Å². The number of alkyl halides is 3. The number of halogens is 3. The number of nitrogens with zero attached hydrogens (tertiary/aromatic N) is 2. The summed E-state index contributed by atoms with van der Waals surface area (Å²) < 4.78 is 68.5. The molecular weight excluding hydrogens is 391 g/mol. The minimum Gasteiger partial charge on any atom is -0.327 e. The summed E-state index contributed by atoms with van der Waals surface area (Å²) in [4.78, 5) is 4.48. The Morgan fingerprint density at radius 1 is 1.14 bits per heavy atom. The molecule has 1 aromatic heterocycles. The Morgan fingerprint density at radius 3 is 2.36 bits per heavy atom. The average Bonchev–Trinajstić information content (AvgIpc) is 2.99. The Balaban J connectivity index is 1.99. The fourth-order valence-electron chi connectivity index (χ4n) is 3.05. The number of nitrogens with one attached hydrogen (secondary N) is 1. The fourth-order valence-corrected chi connectivity index (χ4v) is 4.25. The lowest BCUT2D eigenvalue weighted by Crippen LogP contribution is -2.28. The maximum Gasteiger partial charge on any atom is 0.416 e. The lowest BCUT2D eigenvalue weighted by Gasteiger charge is -2.16. The van der Waals surface area contributed by atoms with Gasteiger partial charge < -0.3 is 4.57 Å². The summed E-state index contributed by atoms with van der Waals surface area (Å²) in [5, 5.41) is 0. The minimum absolute atomic E-state index is 0.114. The normalized spacial score (nSPS) is 13.8. The molecule has 3 aromatic rings. The van der Waals surface area contributed by atoms with E-state index in [1.807, 2.05) is 6.92 Å². The van der Waals surface area contributed by atoms with Gasteiger partial charge in [-0.3, -0.25) is 0 Å². The molecule has 2 aromatic carbocycles. The molecule has 3 rings (SSSR count). The van der Waals surface area contributed by atoms with Crippen molar-refractivity contribution in [2.75, 3.05) is 0 Å². The van der Waals surface area contributed by atoms with Gasteiger partial charge in [0.1, 0.15) is 5.82 Å². The molecule has 0 amide bonds. The highest BCUT2D eigenvalue weighted by molar-refractivity contribution is 7.89. The van der Waals surface area contributed by atoms with E-state index in [-0.39, 0.29) is 4.90 Å². The van der Waals surface area contributed by atoms with E-state index in [0.717, 1.165) is 17.7 Å². The number of sulfonamides is 1. The van der Waals surface area contributed by atoms with Gasteiger partial charge in [0.25, 0.3) is 0 Å². The number of imidazole rings is 1. The molecule has 0 fully saturated rings. The number of aromatic nitrogens is 2. The Kier molecular flexibility index (Phi) is 5.24. The summed E-state index contributed by atoms with van der Waals surface area (Å²) in [6.07, 6.45) is -4.46. The molecule has 1 heterocycles. The van der Waals surface area contributed by atoms with Crippen molar-refractivity contribution >= 4 is 21.1 Å². The molecule has 0 saturated heterocycles. The van der Waals surface area contributed by atoms with Crippen molar-refractivity contribution in [1.82, 2.24) is 14.3 Å². The second-order valence-corrected chi connectivity index (χ2v) is 8.29. The zero-order chi connectivity index (χ0) is 20.7. The molecule has 0 radical (unpaired) electrons. The first-order valence-corrected chi connectivity index (χ1v) is 10.2. The molecule has 0 aliphatic carbocycles. The number of rotatable bonds is 5. The largest absolute Gasteiger partial charge is 0.416 e. The van der Waals surface area contributed by atoms with Crippen LogP contribution in [0.15, 0.2) is 47.4 Å². The lowest BCUT2D eigenvalue weighted by atomic mass is 10.2. The van der Waals surface area contributed by atoms with Crippen LogP contribution in [-0.4, -0.2) is 18.0 Å². The van der Waals surface area contributed by atoms with Crippen molar-refractivity contribution in [1.29, 1.82) is 0 Å². The number of benzene rings is 2. The second kappa shape index (κ2) is 7.21.